The maximum absolute atomic E-state index is 13.6. The predicted octanol–water partition coefficient (Wildman–Crippen LogP) is 2.39. The molecular weight excluding hydrogens is 212 g/mol. The second-order valence-electron chi connectivity index (χ2n) is 4.08. The van der Waals surface area contributed by atoms with Crippen molar-refractivity contribution in [2.45, 2.75) is 18.9 Å². The third-order valence-electron chi connectivity index (χ3n) is 2.73. The highest BCUT2D eigenvalue weighted by Gasteiger charge is 2.34. The van der Waals surface area contributed by atoms with Gasteiger partial charge in [-0.15, -0.1) is 0 Å². The Kier molecular flexibility index (Phi) is 3.51. The zero-order chi connectivity index (χ0) is 11.5. The Morgan fingerprint density at radius 3 is 2.75 bits per heavy atom. The zero-order valence-electron chi connectivity index (χ0n) is 8.96. The maximum Gasteiger partial charge on any atom is 0.129 e. The summed E-state index contributed by atoms with van der Waals surface area (Å²) in [7, 11) is 0. The topological polar surface area (TPSA) is 35.2 Å². The molecule has 2 rings (SSSR count). The van der Waals surface area contributed by atoms with E-state index in [1.54, 1.807) is 0 Å². The Morgan fingerprint density at radius 1 is 1.38 bits per heavy atom. The second kappa shape index (κ2) is 4.89. The molecule has 0 aromatic heterocycles. The highest BCUT2D eigenvalue weighted by atomic mass is 19.1. The first-order valence-corrected chi connectivity index (χ1v) is 5.49. The average Bonchev–Trinajstić information content (AvgIpc) is 3.08. The first kappa shape index (κ1) is 11.5. The Labute approximate surface area is 93.4 Å². The SMILES string of the molecule is NCCOC(c1cc(F)ccc1F)C1CC1. The van der Waals surface area contributed by atoms with E-state index in [9.17, 15) is 8.78 Å². The molecule has 1 fully saturated rings. The lowest BCUT2D eigenvalue weighted by Crippen LogP contribution is -2.15. The third kappa shape index (κ3) is 2.57. The maximum atomic E-state index is 13.6. The average molecular weight is 227 g/mol. The van der Waals surface area contributed by atoms with E-state index in [1.165, 1.54) is 6.07 Å². The summed E-state index contributed by atoms with van der Waals surface area (Å²) in [5, 5.41) is 0. The van der Waals surface area contributed by atoms with E-state index < -0.39 is 11.6 Å². The summed E-state index contributed by atoms with van der Waals surface area (Å²) in [6.07, 6.45) is 1.66. The lowest BCUT2D eigenvalue weighted by atomic mass is 10.0. The van der Waals surface area contributed by atoms with E-state index in [2.05, 4.69) is 0 Å². The van der Waals surface area contributed by atoms with E-state index in [-0.39, 0.29) is 6.10 Å². The summed E-state index contributed by atoms with van der Waals surface area (Å²) in [5.41, 5.74) is 5.67. The fraction of sp³-hybridized carbons (Fsp3) is 0.500. The zero-order valence-corrected chi connectivity index (χ0v) is 8.96. The molecule has 0 bridgehead atoms. The van der Waals surface area contributed by atoms with Crippen LogP contribution in [0, 0.1) is 17.6 Å². The molecular formula is C12H15F2NO. The number of ether oxygens (including phenoxy) is 1. The van der Waals surface area contributed by atoms with Gasteiger partial charge in [-0.05, 0) is 37.0 Å². The lowest BCUT2D eigenvalue weighted by molar-refractivity contribution is 0.0398. The smallest absolute Gasteiger partial charge is 0.129 e. The van der Waals surface area contributed by atoms with Crippen LogP contribution in [0.1, 0.15) is 24.5 Å². The fourth-order valence-electron chi connectivity index (χ4n) is 1.81. The summed E-state index contributed by atoms with van der Waals surface area (Å²) in [6.45, 7) is 0.761. The number of rotatable bonds is 5. The van der Waals surface area contributed by atoms with Crippen LogP contribution in [0.2, 0.25) is 0 Å². The Bertz CT molecular complexity index is 366. The van der Waals surface area contributed by atoms with Crippen molar-refractivity contribution in [2.75, 3.05) is 13.2 Å². The molecule has 2 N–H and O–H groups in total. The first-order valence-electron chi connectivity index (χ1n) is 5.49. The molecule has 1 aromatic carbocycles. The number of hydrogen-bond acceptors (Lipinski definition) is 2. The molecule has 1 aliphatic rings. The van der Waals surface area contributed by atoms with E-state index >= 15 is 0 Å². The van der Waals surface area contributed by atoms with Crippen molar-refractivity contribution >= 4 is 0 Å². The molecule has 1 saturated carbocycles. The van der Waals surface area contributed by atoms with Gasteiger partial charge >= 0.3 is 0 Å². The van der Waals surface area contributed by atoms with E-state index in [0.29, 0.717) is 24.6 Å². The first-order chi connectivity index (χ1) is 7.72. The van der Waals surface area contributed by atoms with Crippen molar-refractivity contribution in [1.29, 1.82) is 0 Å². The highest BCUT2D eigenvalue weighted by Crippen LogP contribution is 2.44. The number of benzene rings is 1. The molecule has 1 aromatic rings. The van der Waals surface area contributed by atoms with Crippen LogP contribution in [-0.4, -0.2) is 13.2 Å². The molecule has 88 valence electrons. The molecule has 0 radical (unpaired) electrons. The molecule has 0 spiro atoms. The summed E-state index contributed by atoms with van der Waals surface area (Å²) in [6, 6.07) is 3.48. The summed E-state index contributed by atoms with van der Waals surface area (Å²) in [5.74, 6) is -0.531. The van der Waals surface area contributed by atoms with Crippen molar-refractivity contribution in [1.82, 2.24) is 0 Å². The van der Waals surface area contributed by atoms with Gasteiger partial charge in [0.15, 0.2) is 0 Å². The number of hydrogen-bond donors (Lipinski definition) is 1. The van der Waals surface area contributed by atoms with E-state index in [0.717, 1.165) is 25.0 Å². The van der Waals surface area contributed by atoms with Gasteiger partial charge < -0.3 is 10.5 Å². The standard InChI is InChI=1S/C12H15F2NO/c13-9-3-4-11(14)10(7-9)12(8-1-2-8)16-6-5-15/h3-4,7-8,12H,1-2,5-6,15H2. The molecule has 1 unspecified atom stereocenters. The van der Waals surface area contributed by atoms with Crippen molar-refractivity contribution in [3.8, 4) is 0 Å². The van der Waals surface area contributed by atoms with Crippen LogP contribution in [0.3, 0.4) is 0 Å². The van der Waals surface area contributed by atoms with Crippen LogP contribution in [0.15, 0.2) is 18.2 Å². The Morgan fingerprint density at radius 2 is 2.12 bits per heavy atom. The predicted molar refractivity (Wildman–Crippen MR) is 56.8 cm³/mol. The minimum absolute atomic E-state index is 0.308. The van der Waals surface area contributed by atoms with Crippen LogP contribution < -0.4 is 5.73 Å². The van der Waals surface area contributed by atoms with Gasteiger partial charge in [-0.1, -0.05) is 0 Å². The van der Waals surface area contributed by atoms with Crippen molar-refractivity contribution in [3.05, 3.63) is 35.4 Å². The van der Waals surface area contributed by atoms with Gasteiger partial charge in [-0.2, -0.15) is 0 Å². The second-order valence-corrected chi connectivity index (χ2v) is 4.08. The highest BCUT2D eigenvalue weighted by molar-refractivity contribution is 5.23. The van der Waals surface area contributed by atoms with Crippen molar-refractivity contribution in [3.63, 3.8) is 0 Å². The minimum Gasteiger partial charge on any atom is -0.372 e. The molecule has 1 atom stereocenters. The van der Waals surface area contributed by atoms with Gasteiger partial charge in [-0.25, -0.2) is 8.78 Å². The third-order valence-corrected chi connectivity index (χ3v) is 2.73. The van der Waals surface area contributed by atoms with E-state index in [4.69, 9.17) is 10.5 Å². The summed E-state index contributed by atoms with van der Waals surface area (Å²) < 4.78 is 32.1. The van der Waals surface area contributed by atoms with Gasteiger partial charge in [0.25, 0.3) is 0 Å². The Balaban J connectivity index is 2.19. The molecule has 2 nitrogen and oxygen atoms in total. The van der Waals surface area contributed by atoms with Crippen molar-refractivity contribution in [2.24, 2.45) is 11.7 Å². The van der Waals surface area contributed by atoms with Gasteiger partial charge in [-0.3, -0.25) is 0 Å². The van der Waals surface area contributed by atoms with Crippen LogP contribution >= 0.6 is 0 Å². The van der Waals surface area contributed by atoms with Crippen molar-refractivity contribution < 1.29 is 13.5 Å². The normalized spacial score (nSPS) is 17.4. The van der Waals surface area contributed by atoms with Gasteiger partial charge in [0.2, 0.25) is 0 Å². The molecule has 0 aliphatic heterocycles. The Hall–Kier alpha value is -1.00. The number of halogens is 2. The van der Waals surface area contributed by atoms with Crippen LogP contribution in [0.25, 0.3) is 0 Å². The molecule has 0 amide bonds. The van der Waals surface area contributed by atoms with Crippen LogP contribution in [-0.2, 0) is 4.74 Å². The summed E-state index contributed by atoms with van der Waals surface area (Å²) >= 11 is 0. The monoisotopic (exact) mass is 227 g/mol. The summed E-state index contributed by atoms with van der Waals surface area (Å²) in [4.78, 5) is 0. The molecule has 4 heteroatoms. The molecule has 16 heavy (non-hydrogen) atoms. The van der Waals surface area contributed by atoms with Crippen LogP contribution in [0.4, 0.5) is 8.78 Å². The van der Waals surface area contributed by atoms with Gasteiger partial charge in [0, 0.05) is 12.1 Å². The largest absolute Gasteiger partial charge is 0.372 e. The molecule has 0 heterocycles. The van der Waals surface area contributed by atoms with Crippen LogP contribution in [0.5, 0.6) is 0 Å². The minimum atomic E-state index is -0.432. The quantitative estimate of drug-likeness (QED) is 0.838. The van der Waals surface area contributed by atoms with Gasteiger partial charge in [0.1, 0.15) is 11.6 Å². The number of nitrogens with two attached hydrogens (primary N) is 1. The van der Waals surface area contributed by atoms with Gasteiger partial charge in [0.05, 0.1) is 12.7 Å². The molecule has 1 aliphatic carbocycles. The van der Waals surface area contributed by atoms with E-state index in [1.807, 2.05) is 0 Å². The lowest BCUT2D eigenvalue weighted by Gasteiger charge is -2.18. The fourth-order valence-corrected chi connectivity index (χ4v) is 1.81. The molecule has 0 saturated heterocycles.